The summed E-state index contributed by atoms with van der Waals surface area (Å²) in [7, 11) is 2.04. The van der Waals surface area contributed by atoms with Gasteiger partial charge in [0.05, 0.1) is 19.8 Å². The van der Waals surface area contributed by atoms with E-state index in [0.29, 0.717) is 57.6 Å². The predicted molar refractivity (Wildman–Crippen MR) is 145 cm³/mol. The summed E-state index contributed by atoms with van der Waals surface area (Å²) in [6.07, 6.45) is 1.68. The Bertz CT molecular complexity index is 748. The van der Waals surface area contributed by atoms with Gasteiger partial charge in [-0.05, 0) is 44.0 Å². The van der Waals surface area contributed by atoms with Gasteiger partial charge in [-0.1, -0.05) is 18.7 Å². The first-order valence-corrected chi connectivity index (χ1v) is 13.0. The minimum atomic E-state index is -0.186. The Morgan fingerprint density at radius 3 is 2.28 bits per heavy atom. The number of anilines is 1. The van der Waals surface area contributed by atoms with Crippen molar-refractivity contribution >= 4 is 29.1 Å². The molecule has 1 rings (SSSR count). The van der Waals surface area contributed by atoms with Gasteiger partial charge in [-0.3, -0.25) is 9.59 Å². The topological polar surface area (TPSA) is 101 Å². The molecule has 0 aliphatic rings. The van der Waals surface area contributed by atoms with Crippen molar-refractivity contribution in [2.24, 2.45) is 0 Å². The van der Waals surface area contributed by atoms with Crippen LogP contribution in [0, 0.1) is 0 Å². The van der Waals surface area contributed by atoms with Crippen LogP contribution < -0.4 is 20.9 Å². The monoisotopic (exact) mass is 526 g/mol. The molecule has 1 aromatic rings. The quantitative estimate of drug-likeness (QED) is 0.121. The van der Waals surface area contributed by atoms with Gasteiger partial charge in [-0.2, -0.15) is 0 Å². The van der Waals surface area contributed by atoms with Crippen molar-refractivity contribution in [3.8, 4) is 0 Å². The number of amides is 2. The number of carbonyl (C=O) groups is 2. The van der Waals surface area contributed by atoms with Gasteiger partial charge in [0, 0.05) is 63.6 Å². The van der Waals surface area contributed by atoms with Gasteiger partial charge in [0.15, 0.2) is 0 Å². The summed E-state index contributed by atoms with van der Waals surface area (Å²) in [5.41, 5.74) is 2.88. The molecule has 2 amide bonds. The molecular weight excluding hydrogens is 484 g/mol. The molecule has 9 nitrogen and oxygen atoms in total. The zero-order chi connectivity index (χ0) is 26.4. The van der Waals surface area contributed by atoms with E-state index in [-0.39, 0.29) is 18.4 Å². The van der Waals surface area contributed by atoms with Crippen LogP contribution in [0.2, 0.25) is 0 Å². The maximum Gasteiger partial charge on any atom is 0.246 e. The standard InChI is InChI=1S/C26H43ClN4O5/c1-22(2)26(33)30-13-17-35-18-19-36-21-25(32)29-12-5-16-34-15-4-11-28-20-23-6-8-24(9-7-23)31(3)14-10-27/h6-9,28H,1,4-5,10-21H2,2-3H3,(H,29,32)(H,30,33). The summed E-state index contributed by atoms with van der Waals surface area (Å²) in [6, 6.07) is 8.49. The number of rotatable bonds is 22. The van der Waals surface area contributed by atoms with Crippen molar-refractivity contribution < 1.29 is 23.8 Å². The molecule has 0 radical (unpaired) electrons. The summed E-state index contributed by atoms with van der Waals surface area (Å²) < 4.78 is 16.2. The molecule has 36 heavy (non-hydrogen) atoms. The van der Waals surface area contributed by atoms with Crippen LogP contribution >= 0.6 is 11.6 Å². The third-order valence-corrected chi connectivity index (χ3v) is 5.25. The highest BCUT2D eigenvalue weighted by Gasteiger charge is 2.03. The number of hydrogen-bond acceptors (Lipinski definition) is 7. The van der Waals surface area contributed by atoms with Gasteiger partial charge >= 0.3 is 0 Å². The Morgan fingerprint density at radius 2 is 1.58 bits per heavy atom. The van der Waals surface area contributed by atoms with E-state index in [1.54, 1.807) is 6.92 Å². The molecule has 0 saturated carbocycles. The first-order valence-electron chi connectivity index (χ1n) is 12.4. The molecule has 0 aliphatic heterocycles. The zero-order valence-electron chi connectivity index (χ0n) is 21.8. The Hall–Kier alpha value is -2.17. The lowest BCUT2D eigenvalue weighted by molar-refractivity contribution is -0.126. The average Bonchev–Trinajstić information content (AvgIpc) is 2.87. The molecular formula is C26H43ClN4O5. The molecule has 10 heteroatoms. The smallest absolute Gasteiger partial charge is 0.246 e. The van der Waals surface area contributed by atoms with E-state index in [0.717, 1.165) is 32.5 Å². The van der Waals surface area contributed by atoms with Gasteiger partial charge in [0.2, 0.25) is 11.8 Å². The molecule has 0 unspecified atom stereocenters. The lowest BCUT2D eigenvalue weighted by Crippen LogP contribution is -2.30. The first kappa shape index (κ1) is 31.9. The predicted octanol–water partition coefficient (Wildman–Crippen LogP) is 2.09. The van der Waals surface area contributed by atoms with E-state index in [9.17, 15) is 9.59 Å². The van der Waals surface area contributed by atoms with Gasteiger partial charge in [0.25, 0.3) is 0 Å². The SMILES string of the molecule is C=C(C)C(=O)NCCOCCOCC(=O)NCCCOCCCNCc1ccc(N(C)CCCl)cc1. The van der Waals surface area contributed by atoms with E-state index in [1.165, 1.54) is 11.3 Å². The Labute approximate surface area is 220 Å². The van der Waals surface area contributed by atoms with Crippen molar-refractivity contribution in [1.82, 2.24) is 16.0 Å². The minimum absolute atomic E-state index is 0.00483. The lowest BCUT2D eigenvalue weighted by atomic mass is 10.2. The van der Waals surface area contributed by atoms with Gasteiger partial charge < -0.3 is 35.1 Å². The highest BCUT2D eigenvalue weighted by molar-refractivity contribution is 6.18. The first-order chi connectivity index (χ1) is 17.4. The van der Waals surface area contributed by atoms with E-state index in [4.69, 9.17) is 25.8 Å². The van der Waals surface area contributed by atoms with Crippen molar-refractivity contribution in [1.29, 1.82) is 0 Å². The van der Waals surface area contributed by atoms with Crippen LogP contribution in [0.1, 0.15) is 25.3 Å². The maximum atomic E-state index is 11.7. The number of carbonyl (C=O) groups excluding carboxylic acids is 2. The molecule has 3 N–H and O–H groups in total. The number of nitrogens with one attached hydrogen (secondary N) is 3. The second-order valence-electron chi connectivity index (χ2n) is 8.32. The number of halogens is 1. The third-order valence-electron chi connectivity index (χ3n) is 5.08. The van der Waals surface area contributed by atoms with E-state index >= 15 is 0 Å². The van der Waals surface area contributed by atoms with Crippen LogP contribution in [-0.2, 0) is 30.3 Å². The Morgan fingerprint density at radius 1 is 0.917 bits per heavy atom. The molecule has 0 aromatic heterocycles. The largest absolute Gasteiger partial charge is 0.381 e. The fourth-order valence-electron chi connectivity index (χ4n) is 2.98. The van der Waals surface area contributed by atoms with Crippen LogP contribution in [0.15, 0.2) is 36.4 Å². The summed E-state index contributed by atoms with van der Waals surface area (Å²) in [5, 5.41) is 8.90. The van der Waals surface area contributed by atoms with Crippen molar-refractivity contribution in [2.75, 3.05) is 83.6 Å². The lowest BCUT2D eigenvalue weighted by Gasteiger charge is -2.18. The molecule has 0 spiro atoms. The molecule has 0 aliphatic carbocycles. The zero-order valence-corrected chi connectivity index (χ0v) is 22.5. The molecule has 0 atom stereocenters. The van der Waals surface area contributed by atoms with Crippen LogP contribution in [0.3, 0.4) is 0 Å². The highest BCUT2D eigenvalue weighted by atomic mass is 35.5. The van der Waals surface area contributed by atoms with Crippen molar-refractivity contribution in [3.63, 3.8) is 0 Å². The second-order valence-corrected chi connectivity index (χ2v) is 8.70. The van der Waals surface area contributed by atoms with Crippen LogP contribution in [-0.4, -0.2) is 90.6 Å². The van der Waals surface area contributed by atoms with E-state index < -0.39 is 0 Å². The fourth-order valence-corrected chi connectivity index (χ4v) is 3.24. The normalized spacial score (nSPS) is 10.8. The Balaban J connectivity index is 1.87. The van der Waals surface area contributed by atoms with Gasteiger partial charge in [-0.15, -0.1) is 11.6 Å². The van der Waals surface area contributed by atoms with E-state index in [2.05, 4.69) is 51.7 Å². The fraction of sp³-hybridized carbons (Fsp3) is 0.615. The minimum Gasteiger partial charge on any atom is -0.381 e. The highest BCUT2D eigenvalue weighted by Crippen LogP contribution is 2.13. The summed E-state index contributed by atoms with van der Waals surface area (Å²) >= 11 is 5.79. The molecule has 1 aromatic carbocycles. The van der Waals surface area contributed by atoms with Crippen LogP contribution in [0.4, 0.5) is 5.69 Å². The number of hydrogen-bond donors (Lipinski definition) is 3. The molecule has 0 fully saturated rings. The van der Waals surface area contributed by atoms with Crippen LogP contribution in [0.25, 0.3) is 0 Å². The van der Waals surface area contributed by atoms with Gasteiger partial charge in [0.1, 0.15) is 6.61 Å². The van der Waals surface area contributed by atoms with Crippen molar-refractivity contribution in [3.05, 3.63) is 42.0 Å². The molecule has 204 valence electrons. The summed E-state index contributed by atoms with van der Waals surface area (Å²) in [5.74, 6) is 0.269. The van der Waals surface area contributed by atoms with Crippen LogP contribution in [0.5, 0.6) is 0 Å². The summed E-state index contributed by atoms with van der Waals surface area (Å²) in [4.78, 5) is 25.2. The Kier molecular flexibility index (Phi) is 18.6. The van der Waals surface area contributed by atoms with Gasteiger partial charge in [-0.25, -0.2) is 0 Å². The average molecular weight is 527 g/mol. The molecule has 0 bridgehead atoms. The third kappa shape index (κ3) is 16.5. The molecule has 0 heterocycles. The second kappa shape index (κ2) is 21.0. The number of benzene rings is 1. The molecule has 0 saturated heterocycles. The van der Waals surface area contributed by atoms with E-state index in [1.807, 2.05) is 7.05 Å². The number of alkyl halides is 1. The summed E-state index contributed by atoms with van der Waals surface area (Å²) in [6.45, 7) is 11.0. The number of nitrogens with zero attached hydrogens (tertiary/aromatic N) is 1. The maximum absolute atomic E-state index is 11.7. The van der Waals surface area contributed by atoms with Crippen molar-refractivity contribution in [2.45, 2.75) is 26.3 Å². The number of ether oxygens (including phenoxy) is 3.